The van der Waals surface area contributed by atoms with Crippen LogP contribution in [0, 0.1) is 5.92 Å². The fourth-order valence-electron chi connectivity index (χ4n) is 2.14. The lowest BCUT2D eigenvalue weighted by Gasteiger charge is -2.25. The van der Waals surface area contributed by atoms with Crippen LogP contribution >= 0.6 is 0 Å². The first-order valence-corrected chi connectivity index (χ1v) is 7.69. The summed E-state index contributed by atoms with van der Waals surface area (Å²) in [7, 11) is 0. The molecule has 1 rings (SSSR count). The second kappa shape index (κ2) is 9.72. The van der Waals surface area contributed by atoms with Gasteiger partial charge in [0, 0.05) is 31.4 Å². The molecule has 4 heteroatoms. The normalized spacial score (nSPS) is 11.1. The van der Waals surface area contributed by atoms with Crippen LogP contribution in [0.1, 0.15) is 39.2 Å². The number of hydrogen-bond acceptors (Lipinski definition) is 4. The number of rotatable bonds is 10. The van der Waals surface area contributed by atoms with E-state index in [-0.39, 0.29) is 6.61 Å². The number of nitrogens with one attached hydrogen (secondary N) is 1. The standard InChI is InChI=1S/C16H29N3O/c1-4-5-9-19(10-11-20)16-15(7-6-8-18-16)13-17-12-14(2)3/h6-8,14,17,20H,4-5,9-13H2,1-3H3. The lowest BCUT2D eigenvalue weighted by Crippen LogP contribution is -2.30. The lowest BCUT2D eigenvalue weighted by molar-refractivity contribution is 0.301. The third-order valence-corrected chi connectivity index (χ3v) is 3.19. The maximum absolute atomic E-state index is 9.25. The van der Waals surface area contributed by atoms with E-state index >= 15 is 0 Å². The molecule has 0 radical (unpaired) electrons. The van der Waals surface area contributed by atoms with Gasteiger partial charge in [0.05, 0.1) is 6.61 Å². The van der Waals surface area contributed by atoms with Crippen molar-refractivity contribution >= 4 is 5.82 Å². The predicted molar refractivity (Wildman–Crippen MR) is 85.0 cm³/mol. The number of aliphatic hydroxyl groups excluding tert-OH is 1. The van der Waals surface area contributed by atoms with Gasteiger partial charge in [-0.1, -0.05) is 33.3 Å². The third-order valence-electron chi connectivity index (χ3n) is 3.19. The summed E-state index contributed by atoms with van der Waals surface area (Å²) in [5.74, 6) is 1.65. The zero-order valence-electron chi connectivity index (χ0n) is 13.1. The number of hydrogen-bond donors (Lipinski definition) is 2. The Morgan fingerprint density at radius 3 is 2.80 bits per heavy atom. The monoisotopic (exact) mass is 279 g/mol. The Labute approximate surface area is 123 Å². The molecule has 0 saturated carbocycles. The Morgan fingerprint density at radius 2 is 2.15 bits per heavy atom. The zero-order valence-corrected chi connectivity index (χ0v) is 13.1. The first-order chi connectivity index (χ1) is 9.69. The Bertz CT molecular complexity index is 368. The zero-order chi connectivity index (χ0) is 14.8. The Kier molecular flexibility index (Phi) is 8.23. The van der Waals surface area contributed by atoms with E-state index in [1.807, 2.05) is 12.3 Å². The second-order valence-corrected chi connectivity index (χ2v) is 5.58. The molecule has 0 bridgehead atoms. The van der Waals surface area contributed by atoms with Gasteiger partial charge in [-0.05, 0) is 24.9 Å². The molecule has 0 fully saturated rings. The van der Waals surface area contributed by atoms with Crippen molar-refractivity contribution < 1.29 is 5.11 Å². The average molecular weight is 279 g/mol. The smallest absolute Gasteiger partial charge is 0.133 e. The molecule has 0 saturated heterocycles. The molecule has 0 amide bonds. The number of pyridine rings is 1. The fraction of sp³-hybridized carbons (Fsp3) is 0.688. The van der Waals surface area contributed by atoms with Gasteiger partial charge in [-0.15, -0.1) is 0 Å². The SMILES string of the molecule is CCCCN(CCO)c1ncccc1CNCC(C)C. The molecule has 20 heavy (non-hydrogen) atoms. The molecule has 1 aromatic heterocycles. The summed E-state index contributed by atoms with van der Waals surface area (Å²) in [6.45, 7) is 10.2. The largest absolute Gasteiger partial charge is 0.395 e. The summed E-state index contributed by atoms with van der Waals surface area (Å²) >= 11 is 0. The van der Waals surface area contributed by atoms with Crippen LogP contribution in [0.3, 0.4) is 0 Å². The van der Waals surface area contributed by atoms with Crippen molar-refractivity contribution in [1.29, 1.82) is 0 Å². The van der Waals surface area contributed by atoms with Gasteiger partial charge in [-0.3, -0.25) is 0 Å². The summed E-state index contributed by atoms with van der Waals surface area (Å²) < 4.78 is 0. The van der Waals surface area contributed by atoms with Crippen LogP contribution in [-0.2, 0) is 6.54 Å². The quantitative estimate of drug-likeness (QED) is 0.690. The second-order valence-electron chi connectivity index (χ2n) is 5.58. The molecule has 1 aromatic rings. The fourth-order valence-corrected chi connectivity index (χ4v) is 2.14. The van der Waals surface area contributed by atoms with E-state index in [1.165, 1.54) is 5.56 Å². The van der Waals surface area contributed by atoms with Crippen molar-refractivity contribution in [3.8, 4) is 0 Å². The summed E-state index contributed by atoms with van der Waals surface area (Å²) in [4.78, 5) is 6.71. The van der Waals surface area contributed by atoms with Crippen molar-refractivity contribution in [3.63, 3.8) is 0 Å². The van der Waals surface area contributed by atoms with Gasteiger partial charge in [0.1, 0.15) is 5.82 Å². The van der Waals surface area contributed by atoms with Gasteiger partial charge in [-0.2, -0.15) is 0 Å². The summed E-state index contributed by atoms with van der Waals surface area (Å²) in [6, 6.07) is 4.10. The van der Waals surface area contributed by atoms with Gasteiger partial charge < -0.3 is 15.3 Å². The highest BCUT2D eigenvalue weighted by atomic mass is 16.3. The highest BCUT2D eigenvalue weighted by Crippen LogP contribution is 2.17. The van der Waals surface area contributed by atoms with Crippen molar-refractivity contribution in [1.82, 2.24) is 10.3 Å². The molecule has 0 atom stereocenters. The van der Waals surface area contributed by atoms with Crippen molar-refractivity contribution in [3.05, 3.63) is 23.9 Å². The van der Waals surface area contributed by atoms with Gasteiger partial charge >= 0.3 is 0 Å². The highest BCUT2D eigenvalue weighted by molar-refractivity contribution is 5.46. The molecule has 0 spiro atoms. The van der Waals surface area contributed by atoms with Crippen molar-refractivity contribution in [2.75, 3.05) is 31.1 Å². The lowest BCUT2D eigenvalue weighted by atomic mass is 10.2. The molecule has 0 aliphatic heterocycles. The third kappa shape index (κ3) is 5.88. The van der Waals surface area contributed by atoms with E-state index in [9.17, 15) is 5.11 Å². The van der Waals surface area contributed by atoms with Gasteiger partial charge in [0.25, 0.3) is 0 Å². The maximum Gasteiger partial charge on any atom is 0.133 e. The number of aromatic nitrogens is 1. The average Bonchev–Trinajstić information content (AvgIpc) is 2.44. The molecule has 2 N–H and O–H groups in total. The maximum atomic E-state index is 9.25. The molecular formula is C16H29N3O. The topological polar surface area (TPSA) is 48.4 Å². The molecule has 0 aliphatic rings. The molecular weight excluding hydrogens is 250 g/mol. The minimum atomic E-state index is 0.166. The van der Waals surface area contributed by atoms with Crippen LogP contribution < -0.4 is 10.2 Å². The number of anilines is 1. The van der Waals surface area contributed by atoms with Crippen LogP contribution in [0.4, 0.5) is 5.82 Å². The first kappa shape index (κ1) is 16.9. The number of aliphatic hydroxyl groups is 1. The first-order valence-electron chi connectivity index (χ1n) is 7.69. The Hall–Kier alpha value is -1.13. The highest BCUT2D eigenvalue weighted by Gasteiger charge is 2.11. The van der Waals surface area contributed by atoms with Gasteiger partial charge in [0.2, 0.25) is 0 Å². The predicted octanol–water partition coefficient (Wildman–Crippen LogP) is 2.43. The van der Waals surface area contributed by atoms with Crippen molar-refractivity contribution in [2.45, 2.75) is 40.2 Å². The van der Waals surface area contributed by atoms with Crippen LogP contribution in [-0.4, -0.2) is 36.3 Å². The minimum absolute atomic E-state index is 0.166. The van der Waals surface area contributed by atoms with Crippen LogP contribution in [0.15, 0.2) is 18.3 Å². The van der Waals surface area contributed by atoms with Gasteiger partial charge in [-0.25, -0.2) is 4.98 Å². The van der Waals surface area contributed by atoms with Gasteiger partial charge in [0.15, 0.2) is 0 Å². The van der Waals surface area contributed by atoms with E-state index in [1.54, 1.807) is 0 Å². The van der Waals surface area contributed by atoms with Crippen LogP contribution in [0.25, 0.3) is 0 Å². The molecule has 4 nitrogen and oxygen atoms in total. The van der Waals surface area contributed by atoms with Crippen LogP contribution in [0.2, 0.25) is 0 Å². The van der Waals surface area contributed by atoms with E-state index in [0.717, 1.165) is 38.3 Å². The molecule has 0 unspecified atom stereocenters. The Morgan fingerprint density at radius 1 is 1.35 bits per heavy atom. The Balaban J connectivity index is 2.74. The van der Waals surface area contributed by atoms with E-state index in [2.05, 4.69) is 42.0 Å². The van der Waals surface area contributed by atoms with Crippen LogP contribution in [0.5, 0.6) is 0 Å². The van der Waals surface area contributed by atoms with E-state index < -0.39 is 0 Å². The molecule has 0 aliphatic carbocycles. The molecule has 114 valence electrons. The molecule has 1 heterocycles. The summed E-state index contributed by atoms with van der Waals surface area (Å²) in [5, 5.41) is 12.7. The van der Waals surface area contributed by atoms with E-state index in [0.29, 0.717) is 12.5 Å². The number of nitrogens with zero attached hydrogens (tertiary/aromatic N) is 2. The van der Waals surface area contributed by atoms with Crippen molar-refractivity contribution in [2.24, 2.45) is 5.92 Å². The van der Waals surface area contributed by atoms with E-state index in [4.69, 9.17) is 0 Å². The summed E-state index contributed by atoms with van der Waals surface area (Å²) in [6.07, 6.45) is 4.10. The molecule has 0 aromatic carbocycles. The number of unbranched alkanes of at least 4 members (excludes halogenated alkanes) is 1. The summed E-state index contributed by atoms with van der Waals surface area (Å²) in [5.41, 5.74) is 1.21. The minimum Gasteiger partial charge on any atom is -0.395 e.